The number of aromatic carboxylic acids is 1. The first kappa shape index (κ1) is 13.8. The molecule has 0 aliphatic rings. The molecule has 0 aliphatic carbocycles. The van der Waals surface area contributed by atoms with Gasteiger partial charge in [-0.3, -0.25) is 0 Å². The van der Waals surface area contributed by atoms with Gasteiger partial charge < -0.3 is 5.11 Å². The van der Waals surface area contributed by atoms with Gasteiger partial charge in [0.1, 0.15) is 11.4 Å². The second-order valence-corrected chi connectivity index (χ2v) is 5.76. The van der Waals surface area contributed by atoms with Gasteiger partial charge in [-0.15, -0.1) is 0 Å². The highest BCUT2D eigenvalue weighted by Gasteiger charge is 2.12. The maximum atomic E-state index is 11.1. The minimum atomic E-state index is -1.06. The number of benzene rings is 1. The number of nitrogens with zero attached hydrogens (tertiary/aromatic N) is 4. The first-order valence-electron chi connectivity index (χ1n) is 5.92. The highest BCUT2D eigenvalue weighted by atomic mass is 35.5. The molecule has 8 heteroatoms. The van der Waals surface area contributed by atoms with Crippen LogP contribution in [0.25, 0.3) is 5.78 Å². The van der Waals surface area contributed by atoms with E-state index in [0.717, 1.165) is 15.6 Å². The van der Waals surface area contributed by atoms with E-state index in [2.05, 4.69) is 15.1 Å². The number of aromatic nitrogens is 4. The van der Waals surface area contributed by atoms with Crippen LogP contribution in [0.1, 0.15) is 16.1 Å². The lowest BCUT2D eigenvalue weighted by molar-refractivity contribution is 0.0697. The van der Waals surface area contributed by atoms with Crippen molar-refractivity contribution in [3.05, 3.63) is 46.9 Å². The molecule has 0 radical (unpaired) electrons. The molecule has 3 rings (SSSR count). The number of carbonyl (C=O) groups is 1. The van der Waals surface area contributed by atoms with E-state index >= 15 is 0 Å². The molecule has 1 aromatic carbocycles. The van der Waals surface area contributed by atoms with E-state index in [-0.39, 0.29) is 10.6 Å². The van der Waals surface area contributed by atoms with Crippen molar-refractivity contribution in [3.8, 4) is 0 Å². The van der Waals surface area contributed by atoms with Gasteiger partial charge in [-0.1, -0.05) is 23.4 Å². The topological polar surface area (TPSA) is 80.4 Å². The summed E-state index contributed by atoms with van der Waals surface area (Å²) in [5.74, 6) is -0.552. The largest absolute Gasteiger partial charge is 0.478 e. The van der Waals surface area contributed by atoms with Crippen LogP contribution in [0.15, 0.2) is 40.5 Å². The average molecular weight is 321 g/mol. The lowest BCUT2D eigenvalue weighted by atomic mass is 10.2. The zero-order valence-electron chi connectivity index (χ0n) is 10.8. The zero-order valence-corrected chi connectivity index (χ0v) is 12.4. The third-order valence-corrected chi connectivity index (χ3v) is 4.06. The van der Waals surface area contributed by atoms with Crippen molar-refractivity contribution < 1.29 is 9.90 Å². The zero-order chi connectivity index (χ0) is 15.0. The number of carboxylic acids is 1. The minimum Gasteiger partial charge on any atom is -0.478 e. The summed E-state index contributed by atoms with van der Waals surface area (Å²) in [6, 6.07) is 6.73. The summed E-state index contributed by atoms with van der Waals surface area (Å²) >= 11 is 7.24. The molecule has 106 valence electrons. The highest BCUT2D eigenvalue weighted by molar-refractivity contribution is 7.99. The van der Waals surface area contributed by atoms with Crippen molar-refractivity contribution in [2.75, 3.05) is 0 Å². The number of carboxylic acid groups (broad SMARTS) is 1. The summed E-state index contributed by atoms with van der Waals surface area (Å²) in [7, 11) is 0. The lowest BCUT2D eigenvalue weighted by Gasteiger charge is -2.06. The average Bonchev–Trinajstić information content (AvgIpc) is 2.88. The molecule has 0 saturated carbocycles. The number of rotatable bonds is 3. The van der Waals surface area contributed by atoms with Gasteiger partial charge in [-0.2, -0.15) is 14.6 Å². The third-order valence-electron chi connectivity index (χ3n) is 2.74. The Morgan fingerprint density at radius 2 is 2.19 bits per heavy atom. The van der Waals surface area contributed by atoms with Gasteiger partial charge in [-0.05, 0) is 31.2 Å². The molecular formula is C13H9ClN4O2S. The molecule has 0 spiro atoms. The predicted molar refractivity (Wildman–Crippen MR) is 78.1 cm³/mol. The first-order chi connectivity index (χ1) is 10.0. The maximum Gasteiger partial charge on any atom is 0.337 e. The van der Waals surface area contributed by atoms with Crippen LogP contribution in [0, 0.1) is 6.92 Å². The van der Waals surface area contributed by atoms with Gasteiger partial charge in [-0.25, -0.2) is 9.78 Å². The van der Waals surface area contributed by atoms with E-state index in [1.54, 1.807) is 16.6 Å². The van der Waals surface area contributed by atoms with Crippen molar-refractivity contribution in [1.29, 1.82) is 0 Å². The SMILES string of the molecule is Cc1cc(Sc2ccc(Cl)c(C(=O)O)c2)n2ncnc2n1. The van der Waals surface area contributed by atoms with Gasteiger partial charge in [0.2, 0.25) is 0 Å². The Labute approximate surface area is 128 Å². The summed E-state index contributed by atoms with van der Waals surface area (Å²) in [5.41, 5.74) is 0.882. The first-order valence-corrected chi connectivity index (χ1v) is 7.12. The third kappa shape index (κ3) is 2.70. The summed E-state index contributed by atoms with van der Waals surface area (Å²) in [6.45, 7) is 1.86. The smallest absolute Gasteiger partial charge is 0.337 e. The van der Waals surface area contributed by atoms with Crippen LogP contribution in [-0.4, -0.2) is 30.7 Å². The fourth-order valence-electron chi connectivity index (χ4n) is 1.82. The second kappa shape index (κ2) is 5.34. The number of aryl methyl sites for hydroxylation is 1. The molecule has 3 aromatic rings. The molecule has 0 fully saturated rings. The standard InChI is InChI=1S/C13H9ClN4O2S/c1-7-4-11(18-13(17-7)15-6-16-18)21-8-2-3-10(14)9(5-8)12(19)20/h2-6H,1H3,(H,19,20). The monoisotopic (exact) mass is 320 g/mol. The fraction of sp³-hybridized carbons (Fsp3) is 0.0769. The number of hydrogen-bond donors (Lipinski definition) is 1. The molecule has 0 unspecified atom stereocenters. The van der Waals surface area contributed by atoms with Crippen LogP contribution in [0.2, 0.25) is 5.02 Å². The van der Waals surface area contributed by atoms with E-state index in [4.69, 9.17) is 16.7 Å². The van der Waals surface area contributed by atoms with E-state index in [9.17, 15) is 4.79 Å². The Balaban J connectivity index is 2.04. The van der Waals surface area contributed by atoms with Crippen LogP contribution < -0.4 is 0 Å². The quantitative estimate of drug-likeness (QED) is 0.747. The van der Waals surface area contributed by atoms with Gasteiger partial charge >= 0.3 is 5.97 Å². The van der Waals surface area contributed by atoms with Crippen molar-refractivity contribution in [1.82, 2.24) is 19.6 Å². The summed E-state index contributed by atoms with van der Waals surface area (Å²) in [6.07, 6.45) is 1.43. The summed E-state index contributed by atoms with van der Waals surface area (Å²) < 4.78 is 1.60. The van der Waals surface area contributed by atoms with Gasteiger partial charge in [0.15, 0.2) is 0 Å². The van der Waals surface area contributed by atoms with E-state index in [0.29, 0.717) is 5.78 Å². The molecule has 0 atom stereocenters. The Kier molecular flexibility index (Phi) is 3.52. The van der Waals surface area contributed by atoms with E-state index < -0.39 is 5.97 Å². The summed E-state index contributed by atoms with van der Waals surface area (Å²) in [5, 5.41) is 14.2. The predicted octanol–water partition coefficient (Wildman–Crippen LogP) is 2.94. The van der Waals surface area contributed by atoms with Crippen molar-refractivity contribution in [2.45, 2.75) is 16.8 Å². The van der Waals surface area contributed by atoms with Crippen molar-refractivity contribution >= 4 is 35.1 Å². The fourth-order valence-corrected chi connectivity index (χ4v) is 3.02. The van der Waals surface area contributed by atoms with Crippen LogP contribution in [-0.2, 0) is 0 Å². The van der Waals surface area contributed by atoms with Crippen molar-refractivity contribution in [3.63, 3.8) is 0 Å². The van der Waals surface area contributed by atoms with Crippen molar-refractivity contribution in [2.24, 2.45) is 0 Å². The lowest BCUT2D eigenvalue weighted by Crippen LogP contribution is -1.99. The maximum absolute atomic E-state index is 11.1. The number of hydrogen-bond acceptors (Lipinski definition) is 5. The molecule has 0 bridgehead atoms. The molecule has 2 aromatic heterocycles. The molecule has 1 N–H and O–H groups in total. The molecule has 0 amide bonds. The molecule has 6 nitrogen and oxygen atoms in total. The molecule has 21 heavy (non-hydrogen) atoms. The minimum absolute atomic E-state index is 0.0716. The highest BCUT2D eigenvalue weighted by Crippen LogP contribution is 2.30. The molecule has 0 saturated heterocycles. The Morgan fingerprint density at radius 1 is 1.38 bits per heavy atom. The van der Waals surface area contributed by atoms with Gasteiger partial charge in [0.05, 0.1) is 10.6 Å². The Hall–Kier alpha value is -2.12. The van der Waals surface area contributed by atoms with E-state index in [1.165, 1.54) is 24.2 Å². The second-order valence-electron chi connectivity index (χ2n) is 4.26. The van der Waals surface area contributed by atoms with Gasteiger partial charge in [0, 0.05) is 10.6 Å². The summed E-state index contributed by atoms with van der Waals surface area (Å²) in [4.78, 5) is 20.2. The Morgan fingerprint density at radius 3 is 2.95 bits per heavy atom. The normalized spacial score (nSPS) is 11.0. The van der Waals surface area contributed by atoms with Gasteiger partial charge in [0.25, 0.3) is 5.78 Å². The van der Waals surface area contributed by atoms with Crippen LogP contribution in [0.5, 0.6) is 0 Å². The van der Waals surface area contributed by atoms with Crippen LogP contribution in [0.4, 0.5) is 0 Å². The molecular weight excluding hydrogens is 312 g/mol. The van der Waals surface area contributed by atoms with Crippen LogP contribution in [0.3, 0.4) is 0 Å². The number of halogens is 1. The number of fused-ring (bicyclic) bond motifs is 1. The molecule has 0 aliphatic heterocycles. The van der Waals surface area contributed by atoms with Crippen LogP contribution >= 0.6 is 23.4 Å². The molecule has 2 heterocycles. The Bertz CT molecular complexity index is 849. The van der Waals surface area contributed by atoms with E-state index in [1.807, 2.05) is 13.0 Å².